The summed E-state index contributed by atoms with van der Waals surface area (Å²) in [5.41, 5.74) is -0.604. The Labute approximate surface area is 158 Å². The fourth-order valence-electron chi connectivity index (χ4n) is 2.28. The van der Waals surface area contributed by atoms with Crippen molar-refractivity contribution < 1.29 is 23.9 Å². The highest BCUT2D eigenvalue weighted by Gasteiger charge is 2.32. The molecule has 0 unspecified atom stereocenters. The van der Waals surface area contributed by atoms with Crippen LogP contribution >= 0.6 is 23.2 Å². The molecule has 0 atom stereocenters. The molecule has 0 heterocycles. The molecule has 0 aliphatic carbocycles. The first-order valence-electron chi connectivity index (χ1n) is 7.07. The van der Waals surface area contributed by atoms with E-state index in [2.05, 4.69) is 5.32 Å². The van der Waals surface area contributed by atoms with Gasteiger partial charge < -0.3 is 19.5 Å². The van der Waals surface area contributed by atoms with Crippen molar-refractivity contribution >= 4 is 40.5 Å². The van der Waals surface area contributed by atoms with E-state index in [4.69, 9.17) is 37.4 Å². The van der Waals surface area contributed by atoms with E-state index in [9.17, 15) is 14.9 Å². The van der Waals surface area contributed by atoms with Gasteiger partial charge in [0.15, 0.2) is 5.75 Å². The third-order valence-corrected chi connectivity index (χ3v) is 3.96. The number of hydrogen-bond donors (Lipinski definition) is 1. The van der Waals surface area contributed by atoms with E-state index in [1.165, 1.54) is 45.6 Å². The second kappa shape index (κ2) is 8.11. The van der Waals surface area contributed by atoms with E-state index in [0.29, 0.717) is 5.02 Å². The molecule has 1 N–H and O–H groups in total. The molecule has 0 saturated heterocycles. The number of hydrogen-bond acceptors (Lipinski definition) is 6. The van der Waals surface area contributed by atoms with Crippen LogP contribution in [0.25, 0.3) is 0 Å². The molecule has 0 bridgehead atoms. The lowest BCUT2D eigenvalue weighted by atomic mass is 10.1. The molecule has 0 radical (unpaired) electrons. The zero-order valence-electron chi connectivity index (χ0n) is 14.0. The standard InChI is InChI=1S/C16H14Cl2N2O6/c1-24-12-7-9(13(20(22)23)15(26-3)14(12)25-2)16(21)19-11-5-4-8(17)6-10(11)18/h4-7H,1-3H3,(H,19,21). The number of nitro benzene ring substituents is 1. The summed E-state index contributed by atoms with van der Waals surface area (Å²) in [7, 11) is 3.86. The normalized spacial score (nSPS) is 10.2. The number of methoxy groups -OCH3 is 3. The lowest BCUT2D eigenvalue weighted by molar-refractivity contribution is -0.386. The van der Waals surface area contributed by atoms with E-state index in [1.54, 1.807) is 0 Å². The smallest absolute Gasteiger partial charge is 0.327 e. The number of anilines is 1. The van der Waals surface area contributed by atoms with Crippen molar-refractivity contribution in [3.8, 4) is 17.2 Å². The first-order valence-corrected chi connectivity index (χ1v) is 7.83. The molecule has 0 aliphatic rings. The quantitative estimate of drug-likeness (QED) is 0.576. The van der Waals surface area contributed by atoms with Gasteiger partial charge in [-0.3, -0.25) is 14.9 Å². The lowest BCUT2D eigenvalue weighted by Gasteiger charge is -2.15. The molecule has 1 amide bonds. The van der Waals surface area contributed by atoms with Gasteiger partial charge in [-0.15, -0.1) is 0 Å². The maximum atomic E-state index is 12.7. The van der Waals surface area contributed by atoms with Crippen LogP contribution in [0.15, 0.2) is 24.3 Å². The third kappa shape index (κ3) is 3.76. The molecule has 0 saturated carbocycles. The molecule has 0 aromatic heterocycles. The highest BCUT2D eigenvalue weighted by Crippen LogP contribution is 2.46. The van der Waals surface area contributed by atoms with Gasteiger partial charge in [0.25, 0.3) is 5.91 Å². The highest BCUT2D eigenvalue weighted by atomic mass is 35.5. The van der Waals surface area contributed by atoms with E-state index in [0.717, 1.165) is 0 Å². The van der Waals surface area contributed by atoms with Crippen molar-refractivity contribution in [3.63, 3.8) is 0 Å². The highest BCUT2D eigenvalue weighted by molar-refractivity contribution is 6.36. The minimum atomic E-state index is -0.778. The number of rotatable bonds is 6. The van der Waals surface area contributed by atoms with Crippen molar-refractivity contribution in [1.82, 2.24) is 0 Å². The number of nitro groups is 1. The first-order chi connectivity index (χ1) is 12.3. The van der Waals surface area contributed by atoms with Gasteiger partial charge in [-0.1, -0.05) is 23.2 Å². The molecule has 138 valence electrons. The van der Waals surface area contributed by atoms with Crippen LogP contribution in [0, 0.1) is 10.1 Å². The number of nitrogens with one attached hydrogen (secondary N) is 1. The van der Waals surface area contributed by atoms with E-state index in [-0.39, 0.29) is 33.5 Å². The summed E-state index contributed by atoms with van der Waals surface area (Å²) in [6, 6.07) is 5.63. The lowest BCUT2D eigenvalue weighted by Crippen LogP contribution is -2.15. The van der Waals surface area contributed by atoms with E-state index in [1.807, 2.05) is 0 Å². The minimum absolute atomic E-state index is 0.00257. The predicted molar refractivity (Wildman–Crippen MR) is 97.2 cm³/mol. The monoisotopic (exact) mass is 400 g/mol. The molecule has 2 aromatic carbocycles. The third-order valence-electron chi connectivity index (χ3n) is 3.41. The Bertz CT molecular complexity index is 872. The van der Waals surface area contributed by atoms with Crippen molar-refractivity contribution in [2.75, 3.05) is 26.6 Å². The number of ether oxygens (including phenoxy) is 3. The van der Waals surface area contributed by atoms with Gasteiger partial charge >= 0.3 is 5.69 Å². The average molecular weight is 401 g/mol. The molecule has 0 fully saturated rings. The van der Waals surface area contributed by atoms with Crippen molar-refractivity contribution in [1.29, 1.82) is 0 Å². The van der Waals surface area contributed by atoms with Gasteiger partial charge in [0.1, 0.15) is 5.56 Å². The van der Waals surface area contributed by atoms with Gasteiger partial charge in [-0.25, -0.2) is 0 Å². The molecule has 10 heteroatoms. The summed E-state index contributed by atoms with van der Waals surface area (Å²) in [5, 5.41) is 14.6. The Hall–Kier alpha value is -2.71. The van der Waals surface area contributed by atoms with Crippen molar-refractivity contribution in [3.05, 3.63) is 50.0 Å². The zero-order valence-corrected chi connectivity index (χ0v) is 15.5. The molecular weight excluding hydrogens is 387 g/mol. The van der Waals surface area contributed by atoms with Crippen LogP contribution in [0.3, 0.4) is 0 Å². The summed E-state index contributed by atoms with van der Waals surface area (Å²) < 4.78 is 15.3. The van der Waals surface area contributed by atoms with Crippen LogP contribution in [0.5, 0.6) is 17.2 Å². The molecule has 8 nitrogen and oxygen atoms in total. The van der Waals surface area contributed by atoms with Gasteiger partial charge in [-0.2, -0.15) is 0 Å². The van der Waals surface area contributed by atoms with Crippen LogP contribution < -0.4 is 19.5 Å². The number of carbonyl (C=O) groups excluding carboxylic acids is 1. The number of benzene rings is 2. The largest absolute Gasteiger partial charge is 0.493 e. The summed E-state index contributed by atoms with van der Waals surface area (Å²) in [6.45, 7) is 0. The van der Waals surface area contributed by atoms with Crippen LogP contribution in [0.4, 0.5) is 11.4 Å². The first kappa shape index (κ1) is 19.6. The Morgan fingerprint density at radius 3 is 2.23 bits per heavy atom. The number of nitrogens with zero attached hydrogens (tertiary/aromatic N) is 1. The number of halogens is 2. The second-order valence-corrected chi connectivity index (χ2v) is 5.72. The molecule has 2 aromatic rings. The Kier molecular flexibility index (Phi) is 6.12. The predicted octanol–water partition coefficient (Wildman–Crippen LogP) is 4.18. The fraction of sp³-hybridized carbons (Fsp3) is 0.188. The summed E-state index contributed by atoms with van der Waals surface area (Å²) in [6.07, 6.45) is 0. The summed E-state index contributed by atoms with van der Waals surface area (Å²) in [4.78, 5) is 23.5. The zero-order chi connectivity index (χ0) is 19.4. The van der Waals surface area contributed by atoms with Crippen LogP contribution in [-0.2, 0) is 0 Å². The van der Waals surface area contributed by atoms with Crippen LogP contribution in [-0.4, -0.2) is 32.2 Å². The summed E-state index contributed by atoms with van der Waals surface area (Å²) in [5.74, 6) is -0.908. The number of carbonyl (C=O) groups is 1. The van der Waals surface area contributed by atoms with E-state index < -0.39 is 16.5 Å². The Balaban J connectivity index is 2.59. The van der Waals surface area contributed by atoms with Gasteiger partial charge in [0.05, 0.1) is 37.0 Å². The molecule has 0 aliphatic heterocycles. The number of amides is 1. The summed E-state index contributed by atoms with van der Waals surface area (Å²) >= 11 is 11.8. The van der Waals surface area contributed by atoms with Crippen LogP contribution in [0.1, 0.15) is 10.4 Å². The second-order valence-electron chi connectivity index (χ2n) is 4.88. The molecule has 0 spiro atoms. The molecule has 26 heavy (non-hydrogen) atoms. The Morgan fingerprint density at radius 1 is 1.08 bits per heavy atom. The maximum absolute atomic E-state index is 12.7. The van der Waals surface area contributed by atoms with E-state index >= 15 is 0 Å². The van der Waals surface area contributed by atoms with Crippen molar-refractivity contribution in [2.45, 2.75) is 0 Å². The van der Waals surface area contributed by atoms with Gasteiger partial charge in [0.2, 0.25) is 11.5 Å². The van der Waals surface area contributed by atoms with Gasteiger partial charge in [0, 0.05) is 11.1 Å². The fourth-order valence-corrected chi connectivity index (χ4v) is 2.73. The minimum Gasteiger partial charge on any atom is -0.493 e. The van der Waals surface area contributed by atoms with Crippen molar-refractivity contribution in [2.24, 2.45) is 0 Å². The Morgan fingerprint density at radius 2 is 1.73 bits per heavy atom. The van der Waals surface area contributed by atoms with Crippen LogP contribution in [0.2, 0.25) is 10.0 Å². The SMILES string of the molecule is COc1cc(C(=O)Nc2ccc(Cl)cc2Cl)c([N+](=O)[O-])c(OC)c1OC. The maximum Gasteiger partial charge on any atom is 0.327 e. The van der Waals surface area contributed by atoms with Gasteiger partial charge in [-0.05, 0) is 18.2 Å². The molecule has 2 rings (SSSR count). The molecular formula is C16H14Cl2N2O6. The topological polar surface area (TPSA) is 99.9 Å². The average Bonchev–Trinajstić information content (AvgIpc) is 2.61.